The number of fused-ring (bicyclic) bond motifs is 1. The second-order valence-corrected chi connectivity index (χ2v) is 8.40. The van der Waals surface area contributed by atoms with E-state index in [0.29, 0.717) is 17.7 Å². The van der Waals surface area contributed by atoms with Crippen LogP contribution in [0.25, 0.3) is 0 Å². The van der Waals surface area contributed by atoms with E-state index in [1.165, 1.54) is 17.0 Å². The Morgan fingerprint density at radius 2 is 2.03 bits per heavy atom. The molecule has 0 spiro atoms. The largest absolute Gasteiger partial charge is 0.456 e. The van der Waals surface area contributed by atoms with Crippen LogP contribution in [0, 0.1) is 16.0 Å². The highest BCUT2D eigenvalue weighted by Gasteiger charge is 2.57. The first kappa shape index (κ1) is 21.2. The van der Waals surface area contributed by atoms with Crippen molar-refractivity contribution >= 4 is 17.6 Å². The second kappa shape index (κ2) is 8.63. The number of carbonyl (C=O) groups is 2. The Labute approximate surface area is 180 Å². The molecule has 31 heavy (non-hydrogen) atoms. The third kappa shape index (κ3) is 3.99. The van der Waals surface area contributed by atoms with Gasteiger partial charge in [-0.2, -0.15) is 0 Å². The predicted octanol–water partition coefficient (Wildman–Crippen LogP) is 3.39. The molecule has 164 valence electrons. The maximum atomic E-state index is 13.1. The van der Waals surface area contributed by atoms with Gasteiger partial charge in [-0.05, 0) is 67.9 Å². The predicted molar refractivity (Wildman–Crippen MR) is 112 cm³/mol. The van der Waals surface area contributed by atoms with E-state index < -0.39 is 22.9 Å². The molecule has 2 aliphatic heterocycles. The minimum Gasteiger partial charge on any atom is -0.456 e. The number of benzene rings is 1. The number of allylic oxidation sites excluding steroid dienone is 2. The Kier molecular flexibility index (Phi) is 5.91. The van der Waals surface area contributed by atoms with E-state index in [1.807, 2.05) is 0 Å². The summed E-state index contributed by atoms with van der Waals surface area (Å²) in [5, 5.41) is 20.8. The number of nitro benzene ring substituents is 1. The van der Waals surface area contributed by atoms with Crippen molar-refractivity contribution in [2.45, 2.75) is 64.2 Å². The number of aliphatic hydroxyl groups excluding tert-OH is 1. The quantitative estimate of drug-likeness (QED) is 0.323. The number of amides is 1. The summed E-state index contributed by atoms with van der Waals surface area (Å²) >= 11 is 0. The molecule has 2 heterocycles. The molecule has 3 aliphatic rings. The highest BCUT2D eigenvalue weighted by atomic mass is 16.6. The normalized spacial score (nSPS) is 24.1. The fourth-order valence-corrected chi connectivity index (χ4v) is 4.77. The fourth-order valence-electron chi connectivity index (χ4n) is 4.77. The number of ether oxygens (including phenoxy) is 1. The zero-order valence-electron chi connectivity index (χ0n) is 17.5. The van der Waals surface area contributed by atoms with Crippen LogP contribution in [0.1, 0.15) is 51.0 Å². The number of nitrogens with zero attached hydrogens (tertiary/aromatic N) is 2. The number of hydrogen-bond donors (Lipinski definition) is 1. The number of carbonyl (C=O) groups excluding carboxylic acids is 2. The summed E-state index contributed by atoms with van der Waals surface area (Å²) < 4.78 is 5.51. The van der Waals surface area contributed by atoms with Crippen molar-refractivity contribution in [2.75, 3.05) is 0 Å². The molecular formula is C23H26N2O6. The first-order valence-corrected chi connectivity index (χ1v) is 10.7. The third-order valence-electron chi connectivity index (χ3n) is 6.37. The molecule has 3 atom stereocenters. The molecule has 0 aromatic heterocycles. The average molecular weight is 426 g/mol. The Morgan fingerprint density at radius 3 is 2.71 bits per heavy atom. The summed E-state index contributed by atoms with van der Waals surface area (Å²) in [4.78, 5) is 37.6. The minimum absolute atomic E-state index is 0.0330. The van der Waals surface area contributed by atoms with Crippen LogP contribution in [-0.2, 0) is 20.9 Å². The smallest absolute Gasteiger partial charge is 0.355 e. The molecule has 1 amide bonds. The maximum absolute atomic E-state index is 13.1. The highest BCUT2D eigenvalue weighted by Crippen LogP contribution is 2.47. The molecule has 1 aromatic carbocycles. The molecule has 1 aliphatic carbocycles. The van der Waals surface area contributed by atoms with Gasteiger partial charge in [-0.25, -0.2) is 4.79 Å². The molecule has 0 radical (unpaired) electrons. The molecular weight excluding hydrogens is 400 g/mol. The monoisotopic (exact) mass is 426 g/mol. The van der Waals surface area contributed by atoms with Crippen molar-refractivity contribution in [2.24, 2.45) is 5.92 Å². The van der Waals surface area contributed by atoms with Gasteiger partial charge in [-0.1, -0.05) is 12.5 Å². The number of aliphatic hydroxyl groups is 1. The van der Waals surface area contributed by atoms with Gasteiger partial charge in [0.15, 0.2) is 0 Å². The van der Waals surface area contributed by atoms with E-state index in [0.717, 1.165) is 43.3 Å². The van der Waals surface area contributed by atoms with Crippen LogP contribution in [0.4, 0.5) is 5.69 Å². The van der Waals surface area contributed by atoms with E-state index >= 15 is 0 Å². The van der Waals surface area contributed by atoms with E-state index in [9.17, 15) is 24.8 Å². The van der Waals surface area contributed by atoms with Gasteiger partial charge in [-0.3, -0.25) is 14.9 Å². The second-order valence-electron chi connectivity index (χ2n) is 8.40. The molecule has 1 N–H and O–H groups in total. The minimum atomic E-state index is -0.770. The van der Waals surface area contributed by atoms with Crippen LogP contribution >= 0.6 is 0 Å². The van der Waals surface area contributed by atoms with Crippen LogP contribution in [0.3, 0.4) is 0 Å². The SMILES string of the molecule is C[C@@H](O)[C@H]1C(=O)N2C(C(=O)OCc3ccc([N+](=O)[O-])cc3)=C(C3=CCCCCC3)C[C@H]12. The van der Waals surface area contributed by atoms with Gasteiger partial charge in [0.2, 0.25) is 5.91 Å². The van der Waals surface area contributed by atoms with Crippen molar-refractivity contribution in [3.05, 3.63) is 62.9 Å². The fraction of sp³-hybridized carbons (Fsp3) is 0.478. The van der Waals surface area contributed by atoms with Crippen molar-refractivity contribution < 1.29 is 24.4 Å². The lowest BCUT2D eigenvalue weighted by atomic mass is 9.82. The molecule has 1 aromatic rings. The van der Waals surface area contributed by atoms with Crippen LogP contribution < -0.4 is 0 Å². The lowest BCUT2D eigenvalue weighted by molar-refractivity contribution is -0.384. The average Bonchev–Trinajstić information content (AvgIpc) is 2.88. The van der Waals surface area contributed by atoms with Gasteiger partial charge in [0.25, 0.3) is 5.69 Å². The number of β-lactam (4-membered cyclic amide) rings is 1. The Bertz CT molecular complexity index is 963. The van der Waals surface area contributed by atoms with Crippen LogP contribution in [0.15, 0.2) is 47.2 Å². The Hall–Kier alpha value is -3.00. The van der Waals surface area contributed by atoms with Crippen molar-refractivity contribution in [3.63, 3.8) is 0 Å². The molecule has 8 heteroatoms. The van der Waals surface area contributed by atoms with Crippen LogP contribution in [-0.4, -0.2) is 39.0 Å². The topological polar surface area (TPSA) is 110 Å². The molecule has 0 saturated carbocycles. The van der Waals surface area contributed by atoms with Gasteiger partial charge in [-0.15, -0.1) is 0 Å². The molecule has 8 nitrogen and oxygen atoms in total. The number of nitro groups is 1. The summed E-state index contributed by atoms with van der Waals surface area (Å²) in [5.74, 6) is -1.31. The number of esters is 1. The zero-order valence-corrected chi connectivity index (χ0v) is 17.5. The molecule has 4 rings (SSSR count). The number of hydrogen-bond acceptors (Lipinski definition) is 6. The van der Waals surface area contributed by atoms with Crippen LogP contribution in [0.2, 0.25) is 0 Å². The standard InChI is InChI=1S/C23H26N2O6/c1-14(26)20-19-12-18(16-6-4-2-3-5-7-16)21(24(19)22(20)27)23(28)31-13-15-8-10-17(11-9-15)25(29)30/h6,8-11,14,19-20,26H,2-5,7,12-13H2,1H3/t14-,19-,20-/m1/s1. The Balaban J connectivity index is 1.56. The maximum Gasteiger partial charge on any atom is 0.355 e. The first-order valence-electron chi connectivity index (χ1n) is 10.7. The summed E-state index contributed by atoms with van der Waals surface area (Å²) in [6, 6.07) is 5.60. The molecule has 0 unspecified atom stereocenters. The third-order valence-corrected chi connectivity index (χ3v) is 6.37. The number of rotatable bonds is 6. The summed E-state index contributed by atoms with van der Waals surface area (Å²) in [6.07, 6.45) is 7.04. The van der Waals surface area contributed by atoms with Crippen LogP contribution in [0.5, 0.6) is 0 Å². The number of non-ortho nitro benzene ring substituents is 1. The first-order chi connectivity index (χ1) is 14.9. The lowest BCUT2D eigenvalue weighted by Gasteiger charge is -2.44. The summed E-state index contributed by atoms with van der Waals surface area (Å²) in [6.45, 7) is 1.56. The van der Waals surface area contributed by atoms with Gasteiger partial charge in [0.05, 0.1) is 23.0 Å². The van der Waals surface area contributed by atoms with Crippen molar-refractivity contribution in [1.82, 2.24) is 4.90 Å². The van der Waals surface area contributed by atoms with E-state index in [4.69, 9.17) is 4.74 Å². The molecule has 1 saturated heterocycles. The van der Waals surface area contributed by atoms with Gasteiger partial charge < -0.3 is 14.7 Å². The lowest BCUT2D eigenvalue weighted by Crippen LogP contribution is -2.61. The van der Waals surface area contributed by atoms with Crippen molar-refractivity contribution in [1.29, 1.82) is 0 Å². The zero-order chi connectivity index (χ0) is 22.1. The van der Waals surface area contributed by atoms with Gasteiger partial charge in [0.1, 0.15) is 12.3 Å². The highest BCUT2D eigenvalue weighted by molar-refractivity contribution is 6.01. The van der Waals surface area contributed by atoms with Crippen molar-refractivity contribution in [3.8, 4) is 0 Å². The van der Waals surface area contributed by atoms with E-state index in [2.05, 4.69) is 6.08 Å². The van der Waals surface area contributed by atoms with E-state index in [1.54, 1.807) is 19.1 Å². The van der Waals surface area contributed by atoms with Gasteiger partial charge >= 0.3 is 5.97 Å². The molecule has 0 bridgehead atoms. The molecule has 1 fully saturated rings. The Morgan fingerprint density at radius 1 is 1.29 bits per heavy atom. The van der Waals surface area contributed by atoms with Gasteiger partial charge in [0, 0.05) is 12.1 Å². The summed E-state index contributed by atoms with van der Waals surface area (Å²) in [7, 11) is 0. The summed E-state index contributed by atoms with van der Waals surface area (Å²) in [5.41, 5.74) is 2.85. The van der Waals surface area contributed by atoms with E-state index in [-0.39, 0.29) is 24.2 Å².